The van der Waals surface area contributed by atoms with Crippen LogP contribution < -0.4 is 4.57 Å². The van der Waals surface area contributed by atoms with E-state index in [9.17, 15) is 13.2 Å². The van der Waals surface area contributed by atoms with Crippen LogP contribution in [0.25, 0.3) is 23.5 Å². The van der Waals surface area contributed by atoms with Gasteiger partial charge < -0.3 is 4.42 Å². The molecule has 0 fully saturated rings. The molecule has 3 aromatic rings. The predicted molar refractivity (Wildman–Crippen MR) is 90.7 cm³/mol. The summed E-state index contributed by atoms with van der Waals surface area (Å²) in [6, 6.07) is 12.2. The molecule has 0 aliphatic carbocycles. The van der Waals surface area contributed by atoms with Crippen molar-refractivity contribution in [2.75, 3.05) is 0 Å². The maximum atomic E-state index is 12.9. The Kier molecular flexibility index (Phi) is 4.68. The molecular weight excluding hydrogens is 351 g/mol. The Morgan fingerprint density at radius 2 is 1.84 bits per heavy atom. The summed E-state index contributed by atoms with van der Waals surface area (Å²) in [6.07, 6.45) is 1.09. The molecule has 1 aromatic carbocycles. The van der Waals surface area contributed by atoms with Gasteiger partial charge in [-0.3, -0.25) is 0 Å². The first-order valence-electron chi connectivity index (χ1n) is 7.44. The largest absolute Gasteiger partial charge is 0.457 e. The van der Waals surface area contributed by atoms with E-state index in [1.54, 1.807) is 18.2 Å². The molecule has 0 aliphatic heterocycles. The second-order valence-electron chi connectivity index (χ2n) is 5.46. The zero-order chi connectivity index (χ0) is 18.0. The molecule has 6 heteroatoms. The molecule has 0 spiro atoms. The summed E-state index contributed by atoms with van der Waals surface area (Å²) in [6.45, 7) is 0. The fraction of sp³-hybridized carbons (Fsp3) is 0.105. The van der Waals surface area contributed by atoms with Crippen LogP contribution >= 0.6 is 11.6 Å². The molecule has 128 valence electrons. The zero-order valence-corrected chi connectivity index (χ0v) is 14.0. The molecule has 0 bridgehead atoms. The minimum Gasteiger partial charge on any atom is -0.457 e. The number of hydrogen-bond donors (Lipinski definition) is 0. The molecule has 0 N–H and O–H groups in total. The first kappa shape index (κ1) is 17.3. The van der Waals surface area contributed by atoms with Gasteiger partial charge >= 0.3 is 6.18 Å². The topological polar surface area (TPSA) is 17.0 Å². The number of aryl methyl sites for hydroxylation is 1. The van der Waals surface area contributed by atoms with Crippen molar-refractivity contribution in [3.8, 4) is 11.3 Å². The van der Waals surface area contributed by atoms with Gasteiger partial charge in [-0.2, -0.15) is 13.2 Å². The average molecular weight is 365 g/mol. The van der Waals surface area contributed by atoms with Gasteiger partial charge in [0.15, 0.2) is 6.20 Å². The Labute approximate surface area is 147 Å². The Morgan fingerprint density at radius 1 is 1.04 bits per heavy atom. The average Bonchev–Trinajstić information content (AvgIpc) is 3.02. The molecule has 0 amide bonds. The molecule has 0 atom stereocenters. The third-order valence-corrected chi connectivity index (χ3v) is 4.03. The monoisotopic (exact) mass is 364 g/mol. The van der Waals surface area contributed by atoms with Crippen LogP contribution in [0, 0.1) is 0 Å². The highest BCUT2D eigenvalue weighted by atomic mass is 35.5. The number of aromatic nitrogens is 1. The molecule has 2 aromatic heterocycles. The minimum atomic E-state index is -4.43. The Morgan fingerprint density at radius 3 is 2.56 bits per heavy atom. The molecule has 25 heavy (non-hydrogen) atoms. The van der Waals surface area contributed by atoms with Crippen LogP contribution in [0.1, 0.15) is 17.0 Å². The van der Waals surface area contributed by atoms with Gasteiger partial charge in [0.1, 0.15) is 18.6 Å². The van der Waals surface area contributed by atoms with Crippen LogP contribution in [0.4, 0.5) is 13.2 Å². The number of benzene rings is 1. The van der Waals surface area contributed by atoms with Crippen LogP contribution in [0.3, 0.4) is 0 Å². The number of halogens is 4. The number of rotatable bonds is 3. The number of hydrogen-bond acceptors (Lipinski definition) is 1. The number of nitrogens with zero attached hydrogens (tertiary/aromatic N) is 1. The van der Waals surface area contributed by atoms with E-state index in [0.29, 0.717) is 5.76 Å². The summed E-state index contributed by atoms with van der Waals surface area (Å²) >= 11 is 6.04. The van der Waals surface area contributed by atoms with E-state index in [1.165, 1.54) is 6.07 Å². The Hall–Kier alpha value is -2.53. The van der Waals surface area contributed by atoms with E-state index in [4.69, 9.17) is 16.0 Å². The van der Waals surface area contributed by atoms with E-state index in [2.05, 4.69) is 0 Å². The summed E-state index contributed by atoms with van der Waals surface area (Å²) < 4.78 is 46.2. The normalized spacial score (nSPS) is 12.0. The van der Waals surface area contributed by atoms with Crippen molar-refractivity contribution in [2.45, 2.75) is 6.18 Å². The highest BCUT2D eigenvalue weighted by molar-refractivity contribution is 6.33. The van der Waals surface area contributed by atoms with Crippen molar-refractivity contribution >= 4 is 23.8 Å². The molecular formula is C19H14ClF3NO+. The maximum absolute atomic E-state index is 12.9. The molecule has 3 rings (SSSR count). The third kappa shape index (κ3) is 3.94. The summed E-state index contributed by atoms with van der Waals surface area (Å²) in [5.41, 5.74) is 0.399. The van der Waals surface area contributed by atoms with Gasteiger partial charge in [-0.15, -0.1) is 0 Å². The van der Waals surface area contributed by atoms with Crippen molar-refractivity contribution in [3.63, 3.8) is 0 Å². The predicted octanol–water partition coefficient (Wildman–Crippen LogP) is 5.61. The highest BCUT2D eigenvalue weighted by Gasteiger charge is 2.31. The van der Waals surface area contributed by atoms with Crippen molar-refractivity contribution < 1.29 is 22.2 Å². The SMILES string of the molecule is C[n+]1ccccc1/C=C/c1ccc(-c2cc(C(F)(F)F)ccc2Cl)o1. The van der Waals surface area contributed by atoms with E-state index >= 15 is 0 Å². The zero-order valence-electron chi connectivity index (χ0n) is 13.2. The molecule has 0 aliphatic rings. The first-order chi connectivity index (χ1) is 11.8. The van der Waals surface area contributed by atoms with Gasteiger partial charge in [-0.25, -0.2) is 4.57 Å². The lowest BCUT2D eigenvalue weighted by atomic mass is 10.1. The fourth-order valence-corrected chi connectivity index (χ4v) is 2.57. The van der Waals surface area contributed by atoms with E-state index in [1.807, 2.05) is 42.1 Å². The quantitative estimate of drug-likeness (QED) is 0.552. The summed E-state index contributed by atoms with van der Waals surface area (Å²) in [5, 5.41) is 0.201. The molecule has 0 radical (unpaired) electrons. The lowest BCUT2D eigenvalue weighted by Gasteiger charge is -2.09. The standard InChI is InChI=1S/C19H14ClF3NO/c1-24-11-3-2-4-14(24)6-7-15-8-10-18(25-15)16-12-13(19(21,22)23)5-9-17(16)20/h2-12H,1H3/q+1/b7-6+. The molecule has 0 saturated heterocycles. The summed E-state index contributed by atoms with van der Waals surface area (Å²) in [4.78, 5) is 0. The van der Waals surface area contributed by atoms with Gasteiger partial charge in [0, 0.05) is 23.8 Å². The Balaban J connectivity index is 1.91. The van der Waals surface area contributed by atoms with Gasteiger partial charge in [-0.05, 0) is 42.5 Å². The summed E-state index contributed by atoms with van der Waals surface area (Å²) in [5.74, 6) is 0.806. The van der Waals surface area contributed by atoms with Crippen molar-refractivity contribution in [3.05, 3.63) is 76.8 Å². The van der Waals surface area contributed by atoms with Gasteiger partial charge in [0.05, 0.1) is 10.6 Å². The van der Waals surface area contributed by atoms with Crippen LogP contribution in [0.2, 0.25) is 5.02 Å². The summed E-state index contributed by atoms with van der Waals surface area (Å²) in [7, 11) is 1.91. The van der Waals surface area contributed by atoms with Crippen molar-refractivity contribution in [1.29, 1.82) is 0 Å². The van der Waals surface area contributed by atoms with Crippen LogP contribution in [0.5, 0.6) is 0 Å². The lowest BCUT2D eigenvalue weighted by molar-refractivity contribution is -0.673. The smallest absolute Gasteiger partial charge is 0.416 e. The van der Waals surface area contributed by atoms with Gasteiger partial charge in [0.25, 0.3) is 0 Å². The fourth-order valence-electron chi connectivity index (χ4n) is 2.35. The second kappa shape index (κ2) is 6.76. The van der Waals surface area contributed by atoms with Crippen LogP contribution in [0.15, 0.2) is 59.1 Å². The molecule has 2 heterocycles. The van der Waals surface area contributed by atoms with Crippen LogP contribution in [-0.4, -0.2) is 0 Å². The first-order valence-corrected chi connectivity index (χ1v) is 7.82. The van der Waals surface area contributed by atoms with Crippen molar-refractivity contribution in [2.24, 2.45) is 7.05 Å². The molecule has 2 nitrogen and oxygen atoms in total. The van der Waals surface area contributed by atoms with Crippen LogP contribution in [-0.2, 0) is 13.2 Å². The number of alkyl halides is 3. The Bertz CT molecular complexity index is 928. The highest BCUT2D eigenvalue weighted by Crippen LogP contribution is 2.36. The third-order valence-electron chi connectivity index (χ3n) is 3.70. The maximum Gasteiger partial charge on any atom is 0.416 e. The minimum absolute atomic E-state index is 0.201. The van der Waals surface area contributed by atoms with E-state index in [0.717, 1.165) is 17.8 Å². The second-order valence-corrected chi connectivity index (χ2v) is 5.87. The van der Waals surface area contributed by atoms with E-state index < -0.39 is 11.7 Å². The molecule has 0 unspecified atom stereocenters. The van der Waals surface area contributed by atoms with E-state index in [-0.39, 0.29) is 16.3 Å². The number of pyridine rings is 1. The lowest BCUT2D eigenvalue weighted by Crippen LogP contribution is -2.30. The molecule has 0 saturated carbocycles. The van der Waals surface area contributed by atoms with Crippen molar-refractivity contribution in [1.82, 2.24) is 0 Å². The number of furan rings is 1. The van der Waals surface area contributed by atoms with Gasteiger partial charge in [0.2, 0.25) is 5.69 Å². The van der Waals surface area contributed by atoms with Gasteiger partial charge in [-0.1, -0.05) is 11.6 Å².